The highest BCUT2D eigenvalue weighted by Gasteiger charge is 2.43. The molecule has 150 valence electrons. The van der Waals surface area contributed by atoms with E-state index < -0.39 is 5.54 Å². The van der Waals surface area contributed by atoms with Crippen LogP contribution in [0.5, 0.6) is 0 Å². The number of thiophene rings is 1. The van der Waals surface area contributed by atoms with Crippen LogP contribution in [0.4, 0.5) is 4.39 Å². The van der Waals surface area contributed by atoms with Crippen LogP contribution in [-0.2, 0) is 16.1 Å². The van der Waals surface area contributed by atoms with Crippen molar-refractivity contribution in [2.24, 2.45) is 0 Å². The van der Waals surface area contributed by atoms with Crippen molar-refractivity contribution in [3.63, 3.8) is 0 Å². The Morgan fingerprint density at radius 1 is 1.24 bits per heavy atom. The molecule has 2 heterocycles. The number of halogens is 1. The molecule has 1 aliphatic heterocycles. The SMILES string of the molecule is C/C=C\C=C/CC1(C=O)CN/C(=C\c2cccs2)C(=O)N1Cc1ccc(F)cc1. The van der Waals surface area contributed by atoms with Gasteiger partial charge in [-0.15, -0.1) is 11.3 Å². The van der Waals surface area contributed by atoms with Crippen molar-refractivity contribution in [3.8, 4) is 0 Å². The molecule has 0 spiro atoms. The van der Waals surface area contributed by atoms with E-state index in [1.807, 2.05) is 48.7 Å². The Morgan fingerprint density at radius 3 is 2.69 bits per heavy atom. The standard InChI is InChI=1S/C23H23FN2O2S/c1-2-3-4-5-12-23(17-27)16-25-21(14-20-7-6-13-29-20)22(28)26(23)15-18-8-10-19(24)11-9-18/h2-11,13-14,17,25H,12,15-16H2,1H3/b3-2-,5-4-,21-14-. The number of carbonyl (C=O) groups is 2. The Kier molecular flexibility index (Phi) is 6.77. The van der Waals surface area contributed by atoms with Crippen molar-refractivity contribution in [2.45, 2.75) is 25.4 Å². The molecule has 1 aromatic heterocycles. The molecule has 0 aliphatic carbocycles. The molecule has 1 saturated heterocycles. The zero-order chi connectivity index (χ0) is 20.7. The van der Waals surface area contributed by atoms with Gasteiger partial charge in [-0.2, -0.15) is 0 Å². The zero-order valence-corrected chi connectivity index (χ0v) is 17.0. The lowest BCUT2D eigenvalue weighted by Crippen LogP contribution is -2.63. The largest absolute Gasteiger partial charge is 0.378 e. The van der Waals surface area contributed by atoms with E-state index in [4.69, 9.17) is 0 Å². The summed E-state index contributed by atoms with van der Waals surface area (Å²) < 4.78 is 13.3. The van der Waals surface area contributed by atoms with E-state index >= 15 is 0 Å². The molecule has 0 radical (unpaired) electrons. The number of aldehydes is 1. The molecule has 1 amide bonds. The first kappa shape index (κ1) is 20.7. The van der Waals surface area contributed by atoms with Gasteiger partial charge < -0.3 is 15.0 Å². The molecular formula is C23H23FN2O2S. The van der Waals surface area contributed by atoms with Crippen molar-refractivity contribution < 1.29 is 14.0 Å². The molecule has 29 heavy (non-hydrogen) atoms. The summed E-state index contributed by atoms with van der Waals surface area (Å²) in [5.41, 5.74) is 0.196. The molecule has 2 aromatic rings. The second kappa shape index (κ2) is 9.47. The number of allylic oxidation sites excluding steroid dienone is 3. The summed E-state index contributed by atoms with van der Waals surface area (Å²) in [5.74, 6) is -0.588. The summed E-state index contributed by atoms with van der Waals surface area (Å²) >= 11 is 1.53. The monoisotopic (exact) mass is 410 g/mol. The first-order chi connectivity index (χ1) is 14.1. The maximum Gasteiger partial charge on any atom is 0.271 e. The van der Waals surface area contributed by atoms with Crippen molar-refractivity contribution in [3.05, 3.63) is 88.0 Å². The summed E-state index contributed by atoms with van der Waals surface area (Å²) in [5, 5.41) is 5.09. The highest BCUT2D eigenvalue weighted by Crippen LogP contribution is 2.28. The predicted octanol–water partition coefficient (Wildman–Crippen LogP) is 4.32. The molecule has 1 atom stereocenters. The van der Waals surface area contributed by atoms with Gasteiger partial charge in [-0.25, -0.2) is 4.39 Å². The summed E-state index contributed by atoms with van der Waals surface area (Å²) in [6.07, 6.45) is 10.5. The fourth-order valence-corrected chi connectivity index (χ4v) is 3.85. The highest BCUT2D eigenvalue weighted by atomic mass is 32.1. The maximum atomic E-state index is 13.3. The fourth-order valence-electron chi connectivity index (χ4n) is 3.19. The second-order valence-electron chi connectivity index (χ2n) is 6.82. The number of nitrogens with zero attached hydrogens (tertiary/aromatic N) is 1. The number of nitrogens with one attached hydrogen (secondary N) is 1. The van der Waals surface area contributed by atoms with Gasteiger partial charge in [0.25, 0.3) is 5.91 Å². The van der Waals surface area contributed by atoms with Crippen molar-refractivity contribution in [1.82, 2.24) is 10.2 Å². The molecule has 0 saturated carbocycles. The van der Waals surface area contributed by atoms with Crippen LogP contribution in [0.15, 0.2) is 71.8 Å². The van der Waals surface area contributed by atoms with Crippen LogP contribution in [0.2, 0.25) is 0 Å². The molecule has 1 fully saturated rings. The third-order valence-corrected chi connectivity index (χ3v) is 5.63. The average Bonchev–Trinajstić information content (AvgIpc) is 3.24. The Bertz CT molecular complexity index is 932. The van der Waals surface area contributed by atoms with Gasteiger partial charge in [-0.1, -0.05) is 42.5 Å². The molecule has 1 N–H and O–H groups in total. The zero-order valence-electron chi connectivity index (χ0n) is 16.2. The first-order valence-electron chi connectivity index (χ1n) is 9.37. The Labute approximate surface area is 174 Å². The fraction of sp³-hybridized carbons (Fsp3) is 0.217. The van der Waals surface area contributed by atoms with E-state index in [2.05, 4.69) is 5.32 Å². The van der Waals surface area contributed by atoms with Crippen molar-refractivity contribution in [1.29, 1.82) is 0 Å². The van der Waals surface area contributed by atoms with Crippen LogP contribution >= 0.6 is 11.3 Å². The van der Waals surface area contributed by atoms with Gasteiger partial charge in [0.15, 0.2) is 0 Å². The number of rotatable bonds is 7. The molecule has 0 bridgehead atoms. The van der Waals surface area contributed by atoms with Gasteiger partial charge in [0, 0.05) is 18.0 Å². The summed E-state index contributed by atoms with van der Waals surface area (Å²) in [4.78, 5) is 28.1. The topological polar surface area (TPSA) is 49.4 Å². The number of hydrogen-bond donors (Lipinski definition) is 1. The normalized spacial score (nSPS) is 21.2. The van der Waals surface area contributed by atoms with Crippen LogP contribution in [0.3, 0.4) is 0 Å². The second-order valence-corrected chi connectivity index (χ2v) is 7.80. The van der Waals surface area contributed by atoms with E-state index in [9.17, 15) is 14.0 Å². The van der Waals surface area contributed by atoms with E-state index in [0.717, 1.165) is 16.7 Å². The van der Waals surface area contributed by atoms with Gasteiger partial charge >= 0.3 is 0 Å². The minimum Gasteiger partial charge on any atom is -0.378 e. The molecular weight excluding hydrogens is 387 g/mol. The van der Waals surface area contributed by atoms with Crippen LogP contribution in [0, 0.1) is 5.82 Å². The number of hydrogen-bond acceptors (Lipinski definition) is 4. The quantitative estimate of drug-likeness (QED) is 0.420. The maximum absolute atomic E-state index is 13.3. The average molecular weight is 411 g/mol. The minimum atomic E-state index is -1.02. The van der Waals surface area contributed by atoms with Gasteiger partial charge in [0.1, 0.15) is 23.3 Å². The minimum absolute atomic E-state index is 0.221. The van der Waals surface area contributed by atoms with Crippen LogP contribution < -0.4 is 5.32 Å². The van der Waals surface area contributed by atoms with E-state index in [-0.39, 0.29) is 18.3 Å². The van der Waals surface area contributed by atoms with Gasteiger partial charge in [0.05, 0.1) is 0 Å². The highest BCUT2D eigenvalue weighted by molar-refractivity contribution is 7.10. The Morgan fingerprint density at radius 2 is 2.03 bits per heavy atom. The lowest BCUT2D eigenvalue weighted by Gasteiger charge is -2.44. The predicted molar refractivity (Wildman–Crippen MR) is 115 cm³/mol. The first-order valence-corrected chi connectivity index (χ1v) is 10.3. The molecule has 3 rings (SSSR count). The molecule has 1 aliphatic rings. The Hall–Kier alpha value is -2.99. The molecule has 6 heteroatoms. The van der Waals surface area contributed by atoms with Crippen LogP contribution in [-0.4, -0.2) is 29.2 Å². The van der Waals surface area contributed by atoms with E-state index in [1.165, 1.54) is 23.5 Å². The summed E-state index contributed by atoms with van der Waals surface area (Å²) in [6.45, 7) is 2.44. The summed E-state index contributed by atoms with van der Waals surface area (Å²) in [6, 6.07) is 9.84. The molecule has 4 nitrogen and oxygen atoms in total. The lowest BCUT2D eigenvalue weighted by atomic mass is 9.90. The van der Waals surface area contributed by atoms with Gasteiger partial charge in [-0.3, -0.25) is 4.79 Å². The lowest BCUT2D eigenvalue weighted by molar-refractivity contribution is -0.142. The Balaban J connectivity index is 1.94. The van der Waals surface area contributed by atoms with Crippen molar-refractivity contribution >= 4 is 29.6 Å². The van der Waals surface area contributed by atoms with E-state index in [0.29, 0.717) is 18.7 Å². The van der Waals surface area contributed by atoms with Crippen LogP contribution in [0.25, 0.3) is 6.08 Å². The summed E-state index contributed by atoms with van der Waals surface area (Å²) in [7, 11) is 0. The third kappa shape index (κ3) is 4.90. The van der Waals surface area contributed by atoms with Gasteiger partial charge in [0.2, 0.25) is 0 Å². The molecule has 1 unspecified atom stereocenters. The smallest absolute Gasteiger partial charge is 0.271 e. The number of piperazine rings is 1. The molecule has 1 aromatic carbocycles. The van der Waals surface area contributed by atoms with E-state index in [1.54, 1.807) is 23.1 Å². The van der Waals surface area contributed by atoms with Crippen LogP contribution in [0.1, 0.15) is 23.8 Å². The van der Waals surface area contributed by atoms with Crippen molar-refractivity contribution in [2.75, 3.05) is 6.54 Å². The third-order valence-electron chi connectivity index (χ3n) is 4.81. The van der Waals surface area contributed by atoms with Gasteiger partial charge in [-0.05, 0) is 48.6 Å². The number of benzene rings is 1. The number of amides is 1. The number of carbonyl (C=O) groups excluding carboxylic acids is 2.